The highest BCUT2D eigenvalue weighted by Gasteiger charge is 2.24. The molecule has 0 bridgehead atoms. The van der Waals surface area contributed by atoms with Gasteiger partial charge >= 0.3 is 0 Å². The summed E-state index contributed by atoms with van der Waals surface area (Å²) in [6, 6.07) is 0.541. The van der Waals surface area contributed by atoms with Crippen molar-refractivity contribution in [3.63, 3.8) is 0 Å². The molecule has 0 atom stereocenters. The molecule has 1 heterocycles. The molecule has 0 aromatic carbocycles. The second kappa shape index (κ2) is 5.97. The Balaban J connectivity index is 2.00. The van der Waals surface area contributed by atoms with E-state index in [-0.39, 0.29) is 5.84 Å². The molecule has 0 unspecified atom stereocenters. The van der Waals surface area contributed by atoms with Gasteiger partial charge in [0.1, 0.15) is 5.01 Å². The summed E-state index contributed by atoms with van der Waals surface area (Å²) in [5, 5.41) is 14.8. The van der Waals surface area contributed by atoms with Crippen LogP contribution >= 0.6 is 11.3 Å². The van der Waals surface area contributed by atoms with E-state index in [2.05, 4.69) is 15.0 Å². The lowest BCUT2D eigenvalue weighted by molar-refractivity contribution is 0.214. The molecule has 5 nitrogen and oxygen atoms in total. The molecule has 1 aliphatic carbocycles. The summed E-state index contributed by atoms with van der Waals surface area (Å²) in [7, 11) is 0. The van der Waals surface area contributed by atoms with Gasteiger partial charge in [0.2, 0.25) is 0 Å². The maximum atomic E-state index is 8.68. The van der Waals surface area contributed by atoms with Gasteiger partial charge in [-0.25, -0.2) is 4.98 Å². The van der Waals surface area contributed by atoms with Crippen LogP contribution in [0.4, 0.5) is 0 Å². The summed E-state index contributed by atoms with van der Waals surface area (Å²) in [4.78, 5) is 6.56. The van der Waals surface area contributed by atoms with Crippen molar-refractivity contribution in [3.8, 4) is 0 Å². The predicted octanol–water partition coefficient (Wildman–Crippen LogP) is 1.63. The van der Waals surface area contributed by atoms with E-state index in [0.29, 0.717) is 12.6 Å². The van der Waals surface area contributed by atoms with Crippen LogP contribution in [0.5, 0.6) is 0 Å². The Kier molecular flexibility index (Phi) is 4.33. The van der Waals surface area contributed by atoms with E-state index in [4.69, 9.17) is 10.9 Å². The minimum Gasteiger partial charge on any atom is -0.409 e. The normalized spacial score (nSPS) is 18.1. The molecule has 0 spiro atoms. The minimum atomic E-state index is 0.272. The summed E-state index contributed by atoms with van der Waals surface area (Å²) in [5.41, 5.74) is 5.61. The van der Waals surface area contributed by atoms with E-state index in [0.717, 1.165) is 11.6 Å². The van der Waals surface area contributed by atoms with Crippen LogP contribution in [0.3, 0.4) is 0 Å². The van der Waals surface area contributed by atoms with Crippen molar-refractivity contribution in [1.82, 2.24) is 9.88 Å². The van der Waals surface area contributed by atoms with E-state index in [1.165, 1.54) is 25.7 Å². The Labute approximate surface area is 105 Å². The van der Waals surface area contributed by atoms with Gasteiger partial charge in [-0.3, -0.25) is 4.90 Å². The van der Waals surface area contributed by atoms with E-state index < -0.39 is 0 Å². The van der Waals surface area contributed by atoms with Crippen molar-refractivity contribution < 1.29 is 5.21 Å². The molecule has 1 fully saturated rings. The first kappa shape index (κ1) is 12.3. The van der Waals surface area contributed by atoms with Crippen molar-refractivity contribution in [1.29, 1.82) is 0 Å². The number of aromatic nitrogens is 1. The summed E-state index contributed by atoms with van der Waals surface area (Å²) in [6.07, 6.45) is 6.76. The molecule has 0 aliphatic heterocycles. The van der Waals surface area contributed by atoms with Gasteiger partial charge in [-0.05, 0) is 12.8 Å². The highest BCUT2D eigenvalue weighted by molar-refractivity contribution is 7.09. The average molecular weight is 254 g/mol. The third-order valence-corrected chi connectivity index (χ3v) is 3.92. The molecule has 1 aromatic rings. The maximum Gasteiger partial charge on any atom is 0.153 e. The summed E-state index contributed by atoms with van der Waals surface area (Å²) in [5.74, 6) is 0.272. The number of thiazole rings is 1. The Morgan fingerprint density at radius 1 is 1.59 bits per heavy atom. The topological polar surface area (TPSA) is 74.7 Å². The fourth-order valence-corrected chi connectivity index (χ4v) is 2.97. The third-order valence-electron chi connectivity index (χ3n) is 3.16. The molecule has 1 saturated carbocycles. The van der Waals surface area contributed by atoms with E-state index >= 15 is 0 Å². The predicted molar refractivity (Wildman–Crippen MR) is 68.2 cm³/mol. The van der Waals surface area contributed by atoms with Crippen LogP contribution in [-0.4, -0.2) is 33.5 Å². The third kappa shape index (κ3) is 3.41. The number of rotatable bonds is 5. The van der Waals surface area contributed by atoms with Crippen LogP contribution < -0.4 is 5.73 Å². The summed E-state index contributed by atoms with van der Waals surface area (Å²) < 4.78 is 0. The zero-order chi connectivity index (χ0) is 12.1. The van der Waals surface area contributed by atoms with E-state index in [1.54, 1.807) is 11.3 Å². The lowest BCUT2D eigenvalue weighted by Crippen LogP contribution is -2.39. The Morgan fingerprint density at radius 3 is 2.94 bits per heavy atom. The molecule has 0 amide bonds. The molecule has 6 heteroatoms. The van der Waals surface area contributed by atoms with Crippen LogP contribution in [0.15, 0.2) is 16.7 Å². The van der Waals surface area contributed by atoms with Crippen LogP contribution in [0, 0.1) is 0 Å². The van der Waals surface area contributed by atoms with Gasteiger partial charge in [0.25, 0.3) is 0 Å². The van der Waals surface area contributed by atoms with Crippen LogP contribution in [-0.2, 0) is 6.54 Å². The highest BCUT2D eigenvalue weighted by atomic mass is 32.1. The lowest BCUT2D eigenvalue weighted by Gasteiger charge is -2.27. The Bertz CT molecular complexity index is 360. The summed E-state index contributed by atoms with van der Waals surface area (Å²) >= 11 is 1.65. The molecular formula is C11H18N4OS. The van der Waals surface area contributed by atoms with Crippen LogP contribution in [0.1, 0.15) is 30.7 Å². The van der Waals surface area contributed by atoms with Gasteiger partial charge in [0, 0.05) is 17.6 Å². The molecule has 1 aromatic heterocycles. The van der Waals surface area contributed by atoms with Gasteiger partial charge in [0.05, 0.1) is 13.1 Å². The SMILES string of the molecule is NC(CN(Cc1nccs1)C1CCCC1)=NO. The first-order valence-corrected chi connectivity index (χ1v) is 6.76. The van der Waals surface area contributed by atoms with Crippen LogP contribution in [0.2, 0.25) is 0 Å². The second-order valence-corrected chi connectivity index (χ2v) is 5.34. The summed E-state index contributed by atoms with van der Waals surface area (Å²) in [6.45, 7) is 1.30. The number of hydrogen-bond acceptors (Lipinski definition) is 5. The monoisotopic (exact) mass is 254 g/mol. The molecule has 0 saturated heterocycles. The molecule has 2 rings (SSSR count). The average Bonchev–Trinajstić information content (AvgIpc) is 3.00. The first-order valence-electron chi connectivity index (χ1n) is 5.88. The molecular weight excluding hydrogens is 236 g/mol. The second-order valence-electron chi connectivity index (χ2n) is 4.36. The van der Waals surface area contributed by atoms with Crippen LogP contribution in [0.25, 0.3) is 0 Å². The fourth-order valence-electron chi connectivity index (χ4n) is 2.33. The fraction of sp³-hybridized carbons (Fsp3) is 0.636. The molecule has 1 aliphatic rings. The van der Waals surface area contributed by atoms with Crippen molar-refractivity contribution in [2.24, 2.45) is 10.9 Å². The number of nitrogens with zero attached hydrogens (tertiary/aromatic N) is 3. The van der Waals surface area contributed by atoms with Gasteiger partial charge < -0.3 is 10.9 Å². The lowest BCUT2D eigenvalue weighted by atomic mass is 10.2. The largest absolute Gasteiger partial charge is 0.409 e. The van der Waals surface area contributed by atoms with Crippen molar-refractivity contribution >= 4 is 17.2 Å². The number of hydrogen-bond donors (Lipinski definition) is 2. The van der Waals surface area contributed by atoms with Crippen molar-refractivity contribution in [3.05, 3.63) is 16.6 Å². The molecule has 94 valence electrons. The van der Waals surface area contributed by atoms with Gasteiger partial charge in [0.15, 0.2) is 5.84 Å². The number of amidine groups is 1. The Morgan fingerprint density at radius 2 is 2.35 bits per heavy atom. The number of nitrogens with two attached hydrogens (primary N) is 1. The number of oxime groups is 1. The van der Waals surface area contributed by atoms with Gasteiger partial charge in [-0.15, -0.1) is 11.3 Å². The van der Waals surface area contributed by atoms with Gasteiger partial charge in [-0.2, -0.15) is 0 Å². The van der Waals surface area contributed by atoms with E-state index in [1.807, 2.05) is 11.6 Å². The molecule has 3 N–H and O–H groups in total. The molecule has 17 heavy (non-hydrogen) atoms. The zero-order valence-corrected chi connectivity index (χ0v) is 10.6. The standard InChI is InChI=1S/C11H18N4OS/c12-10(14-16)7-15(9-3-1-2-4-9)8-11-13-5-6-17-11/h5-6,9,16H,1-4,7-8H2,(H2,12,14). The van der Waals surface area contributed by atoms with Crippen molar-refractivity contribution in [2.75, 3.05) is 6.54 Å². The first-order chi connectivity index (χ1) is 8.29. The maximum absolute atomic E-state index is 8.68. The van der Waals surface area contributed by atoms with Crippen molar-refractivity contribution in [2.45, 2.75) is 38.3 Å². The zero-order valence-electron chi connectivity index (χ0n) is 9.75. The minimum absolute atomic E-state index is 0.272. The Hall–Kier alpha value is -1.14. The smallest absolute Gasteiger partial charge is 0.153 e. The quantitative estimate of drug-likeness (QED) is 0.362. The van der Waals surface area contributed by atoms with E-state index in [9.17, 15) is 0 Å². The highest BCUT2D eigenvalue weighted by Crippen LogP contribution is 2.25. The molecule has 0 radical (unpaired) electrons. The van der Waals surface area contributed by atoms with Gasteiger partial charge in [-0.1, -0.05) is 18.0 Å².